The van der Waals surface area contributed by atoms with Gasteiger partial charge in [-0.3, -0.25) is 0 Å². The van der Waals surface area contributed by atoms with E-state index in [0.29, 0.717) is 13.1 Å². The summed E-state index contributed by atoms with van der Waals surface area (Å²) < 4.78 is 2.04. The summed E-state index contributed by atoms with van der Waals surface area (Å²) >= 11 is -1.73. The van der Waals surface area contributed by atoms with Gasteiger partial charge in [0.1, 0.15) is 0 Å². The second-order valence-electron chi connectivity index (χ2n) is 6.75. The third-order valence-corrected chi connectivity index (χ3v) is 7.69. The molecule has 0 amide bonds. The Labute approximate surface area is 171 Å². The molecule has 0 saturated carbocycles. The number of benzene rings is 2. The van der Waals surface area contributed by atoms with E-state index in [9.17, 15) is 0 Å². The molecular formula is C20H28AgCl2N3. The molecule has 3 nitrogen and oxygen atoms in total. The molecule has 0 saturated heterocycles. The Bertz CT molecular complexity index is 652. The van der Waals surface area contributed by atoms with Crippen molar-refractivity contribution in [2.24, 2.45) is 11.5 Å². The van der Waals surface area contributed by atoms with Gasteiger partial charge in [-0.1, -0.05) is 0 Å². The van der Waals surface area contributed by atoms with Gasteiger partial charge in [0.2, 0.25) is 0 Å². The Kier molecular flexibility index (Phi) is 8.20. The number of nitrogens with zero attached hydrogens (tertiary/aromatic N) is 1. The van der Waals surface area contributed by atoms with E-state index in [2.05, 4.69) is 52.0 Å². The van der Waals surface area contributed by atoms with Gasteiger partial charge in [0, 0.05) is 0 Å². The zero-order valence-corrected chi connectivity index (χ0v) is 18.7. The molecule has 0 heterocycles. The van der Waals surface area contributed by atoms with Crippen LogP contribution in [0.3, 0.4) is 0 Å². The molecule has 6 heteroatoms. The predicted octanol–water partition coefficient (Wildman–Crippen LogP) is 4.76. The van der Waals surface area contributed by atoms with Gasteiger partial charge in [0.15, 0.2) is 0 Å². The molecule has 0 radical (unpaired) electrons. The van der Waals surface area contributed by atoms with Gasteiger partial charge in [-0.2, -0.15) is 0 Å². The summed E-state index contributed by atoms with van der Waals surface area (Å²) in [6.45, 7) is 9.52. The van der Waals surface area contributed by atoms with Crippen molar-refractivity contribution in [1.82, 2.24) is 3.30 Å². The molecule has 2 aromatic rings. The summed E-state index contributed by atoms with van der Waals surface area (Å²) in [5.74, 6) is 0. The van der Waals surface area contributed by atoms with Crippen molar-refractivity contribution in [3.8, 4) is 0 Å². The Hall–Kier alpha value is -0.360. The van der Waals surface area contributed by atoms with Gasteiger partial charge >= 0.3 is 172 Å². The normalized spacial score (nSPS) is 14.4. The monoisotopic (exact) mass is 487 g/mol. The molecule has 0 fully saturated rings. The number of hydrogen-bond acceptors (Lipinski definition) is 3. The third kappa shape index (κ3) is 5.34. The molecule has 26 heavy (non-hydrogen) atoms. The topological polar surface area (TPSA) is 55.3 Å². The summed E-state index contributed by atoms with van der Waals surface area (Å²) in [4.78, 5) is 0. The van der Waals surface area contributed by atoms with Crippen molar-refractivity contribution in [3.05, 3.63) is 69.8 Å². The molecule has 4 N–H and O–H groups in total. The van der Waals surface area contributed by atoms with Crippen molar-refractivity contribution in [3.63, 3.8) is 0 Å². The SMILES string of the molecule is Cc1cccc(C)c1C(N)C[N](CC(N)c1c(C)cccc1C)[Ag]([Cl])[Cl]. The summed E-state index contributed by atoms with van der Waals surface area (Å²) in [7, 11) is 12.7. The van der Waals surface area contributed by atoms with Crippen LogP contribution in [-0.2, 0) is 16.5 Å². The Balaban J connectivity index is 2.19. The molecule has 0 aliphatic heterocycles. The average molecular weight is 489 g/mol. The molecular weight excluding hydrogens is 461 g/mol. The van der Waals surface area contributed by atoms with Crippen molar-refractivity contribution in [2.75, 3.05) is 13.1 Å². The van der Waals surface area contributed by atoms with Crippen LogP contribution in [0.25, 0.3) is 0 Å². The van der Waals surface area contributed by atoms with Crippen LogP contribution in [0, 0.1) is 27.7 Å². The first-order chi connectivity index (χ1) is 12.2. The maximum atomic E-state index is 6.53. The van der Waals surface area contributed by atoms with E-state index in [0.717, 1.165) is 11.1 Å². The van der Waals surface area contributed by atoms with Crippen LogP contribution in [0.4, 0.5) is 0 Å². The van der Waals surface area contributed by atoms with E-state index in [1.54, 1.807) is 0 Å². The first-order valence-electron chi connectivity index (χ1n) is 8.54. The fraction of sp³-hybridized carbons (Fsp3) is 0.400. The van der Waals surface area contributed by atoms with Gasteiger partial charge in [-0.25, -0.2) is 0 Å². The minimum atomic E-state index is -1.73. The van der Waals surface area contributed by atoms with Crippen molar-refractivity contribution in [2.45, 2.75) is 39.8 Å². The molecule has 0 aliphatic rings. The molecule has 0 bridgehead atoms. The number of halogens is 2. The zero-order chi connectivity index (χ0) is 19.4. The van der Waals surface area contributed by atoms with Gasteiger partial charge in [0.05, 0.1) is 0 Å². The van der Waals surface area contributed by atoms with Gasteiger partial charge in [-0.15, -0.1) is 0 Å². The molecule has 2 atom stereocenters. The molecule has 0 aromatic heterocycles. The van der Waals surface area contributed by atoms with Crippen molar-refractivity contribution >= 4 is 18.4 Å². The van der Waals surface area contributed by atoms with E-state index in [4.69, 9.17) is 29.8 Å². The third-order valence-electron chi connectivity index (χ3n) is 4.73. The second kappa shape index (κ2) is 9.72. The molecule has 2 aromatic carbocycles. The number of rotatable bonds is 7. The van der Waals surface area contributed by atoms with E-state index < -0.39 is 16.5 Å². The zero-order valence-electron chi connectivity index (χ0n) is 15.7. The van der Waals surface area contributed by atoms with E-state index in [1.807, 2.05) is 15.4 Å². The Morgan fingerprint density at radius 2 is 1.08 bits per heavy atom. The standard InChI is InChI=1S/C20H28N3.Ag.2ClH/c1-13-7-5-8-14(2)19(13)17(21)11-23-12-18(22)20-15(3)9-6-10-16(20)4;;;/h5-10,17-18H,11-12,21-22H2,1-4H3;;2*1H/q-1;+3;;/p-2. The van der Waals surface area contributed by atoms with E-state index in [-0.39, 0.29) is 12.1 Å². The minimum absolute atomic E-state index is 0.153. The van der Waals surface area contributed by atoms with Gasteiger partial charge in [-0.05, 0) is 0 Å². The fourth-order valence-electron chi connectivity index (χ4n) is 3.56. The molecule has 2 rings (SSSR count). The van der Waals surface area contributed by atoms with Gasteiger partial charge in [0.25, 0.3) is 0 Å². The summed E-state index contributed by atoms with van der Waals surface area (Å²) in [6.07, 6.45) is 0. The Morgan fingerprint density at radius 3 is 1.35 bits per heavy atom. The quantitative estimate of drug-likeness (QED) is 0.552. The van der Waals surface area contributed by atoms with Crippen LogP contribution in [-0.4, -0.2) is 16.4 Å². The van der Waals surface area contributed by atoms with Gasteiger partial charge < -0.3 is 0 Å². The van der Waals surface area contributed by atoms with Crippen LogP contribution < -0.4 is 11.5 Å². The predicted molar refractivity (Wildman–Crippen MR) is 109 cm³/mol. The first kappa shape index (κ1) is 21.9. The second-order valence-corrected chi connectivity index (χ2v) is 11.6. The van der Waals surface area contributed by atoms with Crippen LogP contribution in [0.15, 0.2) is 36.4 Å². The van der Waals surface area contributed by atoms with E-state index in [1.165, 1.54) is 22.3 Å². The van der Waals surface area contributed by atoms with Crippen molar-refractivity contribution in [1.29, 1.82) is 0 Å². The number of aryl methyl sites for hydroxylation is 4. The summed E-state index contributed by atoms with van der Waals surface area (Å²) in [5, 5.41) is 0. The maximum absolute atomic E-state index is 6.53. The number of nitrogens with two attached hydrogens (primary N) is 2. The van der Waals surface area contributed by atoms with Crippen LogP contribution in [0.1, 0.15) is 45.5 Å². The summed E-state index contributed by atoms with van der Waals surface area (Å²) in [5.41, 5.74) is 20.1. The van der Waals surface area contributed by atoms with E-state index >= 15 is 0 Å². The summed E-state index contributed by atoms with van der Waals surface area (Å²) in [6, 6.07) is 12.1. The van der Waals surface area contributed by atoms with Crippen LogP contribution in [0.2, 0.25) is 0 Å². The molecule has 0 aliphatic carbocycles. The average Bonchev–Trinajstić information content (AvgIpc) is 2.53. The Morgan fingerprint density at radius 1 is 0.769 bits per heavy atom. The first-order valence-corrected chi connectivity index (χ1v) is 13.0. The van der Waals surface area contributed by atoms with Crippen molar-refractivity contribution < 1.29 is 16.5 Å². The van der Waals surface area contributed by atoms with Crippen LogP contribution in [0.5, 0.6) is 0 Å². The molecule has 2 unspecified atom stereocenters. The molecule has 148 valence electrons. The fourth-order valence-corrected chi connectivity index (χ4v) is 5.54. The number of hydrogen-bond donors (Lipinski definition) is 2. The van der Waals surface area contributed by atoms with Crippen LogP contribution >= 0.6 is 18.4 Å². The molecule has 0 spiro atoms.